The van der Waals surface area contributed by atoms with Crippen LogP contribution in [0.3, 0.4) is 0 Å². The fourth-order valence-electron chi connectivity index (χ4n) is 2.61. The van der Waals surface area contributed by atoms with Crippen molar-refractivity contribution in [3.05, 3.63) is 59.7 Å². The Morgan fingerprint density at radius 2 is 1.56 bits per heavy atom. The van der Waals surface area contributed by atoms with Gasteiger partial charge in [0.2, 0.25) is 0 Å². The first-order valence-electron chi connectivity index (χ1n) is 6.45. The first kappa shape index (κ1) is 11.1. The SMILES string of the molecule is Nc1ccc(C(c2ccccc2)C2CC2)cc1N. The molecule has 1 unspecified atom stereocenters. The van der Waals surface area contributed by atoms with Crippen molar-refractivity contribution in [2.45, 2.75) is 18.8 Å². The molecule has 0 aliphatic heterocycles. The van der Waals surface area contributed by atoms with E-state index in [1.165, 1.54) is 24.0 Å². The lowest BCUT2D eigenvalue weighted by Crippen LogP contribution is -2.05. The summed E-state index contributed by atoms with van der Waals surface area (Å²) >= 11 is 0. The minimum atomic E-state index is 0.467. The molecule has 0 aromatic heterocycles. The summed E-state index contributed by atoms with van der Waals surface area (Å²) in [5.74, 6) is 1.23. The van der Waals surface area contributed by atoms with Crippen LogP contribution in [0.25, 0.3) is 0 Å². The van der Waals surface area contributed by atoms with Crippen molar-refractivity contribution >= 4 is 11.4 Å². The Morgan fingerprint density at radius 1 is 0.833 bits per heavy atom. The summed E-state index contributed by atoms with van der Waals surface area (Å²) in [6, 6.07) is 16.7. The van der Waals surface area contributed by atoms with Gasteiger partial charge in [0.1, 0.15) is 0 Å². The molecule has 1 fully saturated rings. The van der Waals surface area contributed by atoms with Crippen molar-refractivity contribution in [3.63, 3.8) is 0 Å². The van der Waals surface area contributed by atoms with E-state index in [4.69, 9.17) is 11.5 Å². The predicted molar refractivity (Wildman–Crippen MR) is 76.3 cm³/mol. The normalized spacial score (nSPS) is 16.4. The van der Waals surface area contributed by atoms with Crippen LogP contribution in [-0.2, 0) is 0 Å². The Bertz CT molecular complexity index is 544. The fourth-order valence-corrected chi connectivity index (χ4v) is 2.61. The Kier molecular flexibility index (Phi) is 2.71. The van der Waals surface area contributed by atoms with Gasteiger partial charge in [0.15, 0.2) is 0 Å². The van der Waals surface area contributed by atoms with Crippen LogP contribution in [0.5, 0.6) is 0 Å². The maximum atomic E-state index is 5.93. The number of rotatable bonds is 3. The minimum Gasteiger partial charge on any atom is -0.397 e. The molecule has 1 aliphatic carbocycles. The molecule has 1 aliphatic rings. The molecule has 3 rings (SSSR count). The molecule has 2 heteroatoms. The summed E-state index contributed by atoms with van der Waals surface area (Å²) < 4.78 is 0. The average molecular weight is 238 g/mol. The molecule has 0 amide bonds. The Hall–Kier alpha value is -1.96. The van der Waals surface area contributed by atoms with Gasteiger partial charge in [-0.3, -0.25) is 0 Å². The molecular weight excluding hydrogens is 220 g/mol. The number of anilines is 2. The molecule has 0 heterocycles. The van der Waals surface area contributed by atoms with Crippen LogP contribution in [0.2, 0.25) is 0 Å². The highest BCUT2D eigenvalue weighted by molar-refractivity contribution is 5.64. The van der Waals surface area contributed by atoms with Gasteiger partial charge in [0, 0.05) is 5.92 Å². The molecule has 2 aromatic carbocycles. The van der Waals surface area contributed by atoms with Gasteiger partial charge in [0.05, 0.1) is 11.4 Å². The molecule has 1 saturated carbocycles. The molecule has 2 aromatic rings. The second kappa shape index (κ2) is 4.37. The summed E-state index contributed by atoms with van der Waals surface area (Å²) in [5.41, 5.74) is 15.7. The Morgan fingerprint density at radius 3 is 2.17 bits per heavy atom. The summed E-state index contributed by atoms with van der Waals surface area (Å²) in [7, 11) is 0. The number of benzene rings is 2. The lowest BCUT2D eigenvalue weighted by atomic mass is 9.87. The number of hydrogen-bond donors (Lipinski definition) is 2. The van der Waals surface area contributed by atoms with E-state index in [9.17, 15) is 0 Å². The van der Waals surface area contributed by atoms with Gasteiger partial charge in [-0.15, -0.1) is 0 Å². The highest BCUT2D eigenvalue weighted by Crippen LogP contribution is 2.46. The first-order chi connectivity index (χ1) is 8.75. The second-order valence-corrected chi connectivity index (χ2v) is 5.11. The highest BCUT2D eigenvalue weighted by Gasteiger charge is 2.33. The molecule has 4 N–H and O–H groups in total. The average Bonchev–Trinajstić information content (AvgIpc) is 3.20. The first-order valence-corrected chi connectivity index (χ1v) is 6.45. The maximum absolute atomic E-state index is 5.93. The Labute approximate surface area is 108 Å². The molecule has 92 valence electrons. The predicted octanol–water partition coefficient (Wildman–Crippen LogP) is 3.39. The van der Waals surface area contributed by atoms with Gasteiger partial charge in [-0.1, -0.05) is 36.4 Å². The van der Waals surface area contributed by atoms with E-state index >= 15 is 0 Å². The largest absolute Gasteiger partial charge is 0.397 e. The second-order valence-electron chi connectivity index (χ2n) is 5.11. The monoisotopic (exact) mass is 238 g/mol. The van der Waals surface area contributed by atoms with Crippen molar-refractivity contribution in [1.29, 1.82) is 0 Å². The van der Waals surface area contributed by atoms with Crippen molar-refractivity contribution < 1.29 is 0 Å². The molecule has 18 heavy (non-hydrogen) atoms. The highest BCUT2D eigenvalue weighted by atomic mass is 14.7. The zero-order chi connectivity index (χ0) is 12.5. The quantitative estimate of drug-likeness (QED) is 0.805. The van der Waals surface area contributed by atoms with Crippen molar-refractivity contribution in [1.82, 2.24) is 0 Å². The van der Waals surface area contributed by atoms with Gasteiger partial charge in [-0.05, 0) is 42.0 Å². The number of hydrogen-bond acceptors (Lipinski definition) is 2. The van der Waals surface area contributed by atoms with Crippen molar-refractivity contribution in [2.24, 2.45) is 5.92 Å². The third-order valence-electron chi connectivity index (χ3n) is 3.72. The lowest BCUT2D eigenvalue weighted by Gasteiger charge is -2.18. The van der Waals surface area contributed by atoms with Crippen molar-refractivity contribution in [3.8, 4) is 0 Å². The van der Waals surface area contributed by atoms with E-state index in [2.05, 4.69) is 36.4 Å². The molecule has 1 atom stereocenters. The summed E-state index contributed by atoms with van der Waals surface area (Å²) in [6.07, 6.45) is 2.62. The molecule has 0 spiro atoms. The smallest absolute Gasteiger partial charge is 0.0550 e. The van der Waals surface area contributed by atoms with Crippen LogP contribution in [-0.4, -0.2) is 0 Å². The molecule has 0 saturated heterocycles. The number of nitrogen functional groups attached to an aromatic ring is 2. The van der Waals surface area contributed by atoms with Gasteiger partial charge in [-0.2, -0.15) is 0 Å². The van der Waals surface area contributed by atoms with Crippen LogP contribution in [0.15, 0.2) is 48.5 Å². The van der Waals surface area contributed by atoms with E-state index in [1.807, 2.05) is 12.1 Å². The van der Waals surface area contributed by atoms with Gasteiger partial charge < -0.3 is 11.5 Å². The van der Waals surface area contributed by atoms with Crippen LogP contribution < -0.4 is 11.5 Å². The van der Waals surface area contributed by atoms with Crippen molar-refractivity contribution in [2.75, 3.05) is 11.5 Å². The van der Waals surface area contributed by atoms with Crippen LogP contribution in [0.4, 0.5) is 11.4 Å². The van der Waals surface area contributed by atoms with Crippen LogP contribution in [0.1, 0.15) is 29.9 Å². The van der Waals surface area contributed by atoms with E-state index in [0.717, 1.165) is 5.92 Å². The topological polar surface area (TPSA) is 52.0 Å². The minimum absolute atomic E-state index is 0.467. The molecular formula is C16H18N2. The van der Waals surface area contributed by atoms with Crippen LogP contribution >= 0.6 is 0 Å². The third-order valence-corrected chi connectivity index (χ3v) is 3.72. The zero-order valence-corrected chi connectivity index (χ0v) is 10.3. The van der Waals surface area contributed by atoms with E-state index in [-0.39, 0.29) is 0 Å². The van der Waals surface area contributed by atoms with E-state index < -0.39 is 0 Å². The van der Waals surface area contributed by atoms with Gasteiger partial charge in [-0.25, -0.2) is 0 Å². The lowest BCUT2D eigenvalue weighted by molar-refractivity contribution is 0.704. The van der Waals surface area contributed by atoms with Gasteiger partial charge in [0.25, 0.3) is 0 Å². The number of nitrogens with two attached hydrogens (primary N) is 2. The summed E-state index contributed by atoms with van der Waals surface area (Å²) in [4.78, 5) is 0. The van der Waals surface area contributed by atoms with Crippen LogP contribution in [0, 0.1) is 5.92 Å². The fraction of sp³-hybridized carbons (Fsp3) is 0.250. The maximum Gasteiger partial charge on any atom is 0.0550 e. The summed E-state index contributed by atoms with van der Waals surface area (Å²) in [6.45, 7) is 0. The summed E-state index contributed by atoms with van der Waals surface area (Å²) in [5, 5.41) is 0. The third kappa shape index (κ3) is 2.06. The van der Waals surface area contributed by atoms with E-state index in [0.29, 0.717) is 17.3 Å². The van der Waals surface area contributed by atoms with E-state index in [1.54, 1.807) is 0 Å². The Balaban J connectivity index is 2.02. The molecule has 2 nitrogen and oxygen atoms in total. The van der Waals surface area contributed by atoms with Gasteiger partial charge >= 0.3 is 0 Å². The molecule has 0 bridgehead atoms. The standard InChI is InChI=1S/C16H18N2/c17-14-9-8-13(10-15(14)18)16(12-6-7-12)11-4-2-1-3-5-11/h1-5,8-10,12,16H,6-7,17-18H2. The molecule has 0 radical (unpaired) electrons. The zero-order valence-electron chi connectivity index (χ0n) is 10.3.